The van der Waals surface area contributed by atoms with Gasteiger partial charge in [-0.15, -0.1) is 0 Å². The summed E-state index contributed by atoms with van der Waals surface area (Å²) < 4.78 is 0. The number of carbonyl (C=O) groups is 1. The van der Waals surface area contributed by atoms with Crippen molar-refractivity contribution >= 4 is 11.7 Å². The Morgan fingerprint density at radius 2 is 2.14 bits per heavy atom. The number of nitrogens with zero attached hydrogens (tertiary/aromatic N) is 1. The van der Waals surface area contributed by atoms with Gasteiger partial charge in [0, 0.05) is 12.4 Å². The minimum atomic E-state index is -0.977. The Morgan fingerprint density at radius 3 is 2.64 bits per heavy atom. The molecule has 1 aromatic heterocycles. The number of aliphatic carboxylic acids is 1. The van der Waals surface area contributed by atoms with Crippen LogP contribution in [0.4, 0.5) is 5.69 Å². The number of hydrogen-bond acceptors (Lipinski definition) is 3. The van der Waals surface area contributed by atoms with Crippen LogP contribution < -0.4 is 5.32 Å². The number of aryl methyl sites for hydroxylation is 1. The molecule has 4 heteroatoms. The second-order valence-electron chi connectivity index (χ2n) is 3.81. The van der Waals surface area contributed by atoms with Crippen molar-refractivity contribution in [2.45, 2.75) is 26.3 Å². The lowest BCUT2D eigenvalue weighted by Crippen LogP contribution is -2.39. The lowest BCUT2D eigenvalue weighted by molar-refractivity contribution is -0.141. The van der Waals surface area contributed by atoms with Gasteiger partial charge in [0.05, 0.1) is 5.69 Å². The monoisotopic (exact) mass is 194 g/mol. The van der Waals surface area contributed by atoms with E-state index in [1.165, 1.54) is 0 Å². The number of nitrogens with one attached hydrogen (secondary N) is 1. The molecule has 0 atom stereocenters. The van der Waals surface area contributed by atoms with Gasteiger partial charge in [-0.25, -0.2) is 4.79 Å². The van der Waals surface area contributed by atoms with Crippen LogP contribution in [0.25, 0.3) is 0 Å². The fourth-order valence-electron chi connectivity index (χ4n) is 1.04. The minimum Gasteiger partial charge on any atom is -0.480 e. The van der Waals surface area contributed by atoms with E-state index < -0.39 is 11.5 Å². The zero-order valence-electron chi connectivity index (χ0n) is 8.53. The van der Waals surface area contributed by atoms with E-state index in [1.54, 1.807) is 26.2 Å². The van der Waals surface area contributed by atoms with Crippen LogP contribution in [0.5, 0.6) is 0 Å². The van der Waals surface area contributed by atoms with Gasteiger partial charge in [-0.3, -0.25) is 4.98 Å². The third-order valence-electron chi connectivity index (χ3n) is 1.87. The topological polar surface area (TPSA) is 62.2 Å². The summed E-state index contributed by atoms with van der Waals surface area (Å²) >= 11 is 0. The zero-order chi connectivity index (χ0) is 10.8. The summed E-state index contributed by atoms with van der Waals surface area (Å²) in [6, 6.07) is 1.86. The molecule has 0 fully saturated rings. The first-order chi connectivity index (χ1) is 6.42. The minimum absolute atomic E-state index is 0.720. The van der Waals surface area contributed by atoms with E-state index in [0.29, 0.717) is 0 Å². The lowest BCUT2D eigenvalue weighted by Gasteiger charge is -2.22. The third kappa shape index (κ3) is 2.45. The van der Waals surface area contributed by atoms with Crippen molar-refractivity contribution in [1.82, 2.24) is 4.98 Å². The smallest absolute Gasteiger partial charge is 0.328 e. The molecular weight excluding hydrogens is 180 g/mol. The largest absolute Gasteiger partial charge is 0.480 e. The van der Waals surface area contributed by atoms with E-state index in [0.717, 1.165) is 11.3 Å². The van der Waals surface area contributed by atoms with E-state index in [9.17, 15) is 4.79 Å². The van der Waals surface area contributed by atoms with Crippen LogP contribution in [-0.4, -0.2) is 21.6 Å². The van der Waals surface area contributed by atoms with Crippen LogP contribution in [0.3, 0.4) is 0 Å². The highest BCUT2D eigenvalue weighted by atomic mass is 16.4. The van der Waals surface area contributed by atoms with Crippen LogP contribution in [0.1, 0.15) is 19.4 Å². The number of carboxylic acids is 1. The fourth-order valence-corrected chi connectivity index (χ4v) is 1.04. The van der Waals surface area contributed by atoms with E-state index >= 15 is 0 Å². The molecule has 0 unspecified atom stereocenters. The molecule has 0 aliphatic heterocycles. The number of carboxylic acid groups (broad SMARTS) is 1. The third-order valence-corrected chi connectivity index (χ3v) is 1.87. The predicted octanol–water partition coefficient (Wildman–Crippen LogP) is 1.67. The molecule has 1 rings (SSSR count). The first-order valence-corrected chi connectivity index (χ1v) is 4.35. The number of rotatable bonds is 3. The van der Waals surface area contributed by atoms with Crippen molar-refractivity contribution in [2.75, 3.05) is 5.32 Å². The SMILES string of the molecule is Cc1cncc(NC(C)(C)C(=O)O)c1. The Balaban J connectivity index is 2.83. The average molecular weight is 194 g/mol. The maximum Gasteiger partial charge on any atom is 0.328 e. The summed E-state index contributed by atoms with van der Waals surface area (Å²) in [5.41, 5.74) is 0.740. The van der Waals surface area contributed by atoms with Crippen molar-refractivity contribution in [3.05, 3.63) is 24.0 Å². The molecule has 0 radical (unpaired) electrons. The molecule has 4 nitrogen and oxygen atoms in total. The number of aromatic nitrogens is 1. The summed E-state index contributed by atoms with van der Waals surface area (Å²) in [7, 11) is 0. The highest BCUT2D eigenvalue weighted by molar-refractivity contribution is 5.81. The standard InChI is InChI=1S/C10H14N2O2/c1-7-4-8(6-11-5-7)12-10(2,3)9(13)14/h4-6,12H,1-3H3,(H,13,14). The maximum atomic E-state index is 10.8. The van der Waals surface area contributed by atoms with Crippen molar-refractivity contribution in [3.8, 4) is 0 Å². The van der Waals surface area contributed by atoms with Crippen molar-refractivity contribution in [3.63, 3.8) is 0 Å². The first-order valence-electron chi connectivity index (χ1n) is 4.35. The molecule has 0 bridgehead atoms. The Labute approximate surface area is 83.0 Å². The molecule has 1 aromatic rings. The first kappa shape index (κ1) is 10.5. The quantitative estimate of drug-likeness (QED) is 0.768. The Kier molecular flexibility index (Phi) is 2.74. The van der Waals surface area contributed by atoms with Crippen LogP contribution >= 0.6 is 0 Å². The lowest BCUT2D eigenvalue weighted by atomic mass is 10.1. The molecule has 1 heterocycles. The van der Waals surface area contributed by atoms with Gasteiger partial charge in [-0.2, -0.15) is 0 Å². The molecule has 0 aliphatic rings. The normalized spacial score (nSPS) is 11.1. The van der Waals surface area contributed by atoms with Crippen molar-refractivity contribution in [1.29, 1.82) is 0 Å². The molecule has 2 N–H and O–H groups in total. The molecule has 76 valence electrons. The van der Waals surface area contributed by atoms with E-state index in [2.05, 4.69) is 10.3 Å². The van der Waals surface area contributed by atoms with Gasteiger partial charge in [0.15, 0.2) is 0 Å². The van der Waals surface area contributed by atoms with Crippen LogP contribution in [0, 0.1) is 6.92 Å². The molecule has 0 aromatic carbocycles. The van der Waals surface area contributed by atoms with Gasteiger partial charge in [0.1, 0.15) is 5.54 Å². The Morgan fingerprint density at radius 1 is 1.50 bits per heavy atom. The summed E-state index contributed by atoms with van der Waals surface area (Å²) in [5, 5.41) is 11.8. The average Bonchev–Trinajstić information content (AvgIpc) is 2.02. The zero-order valence-corrected chi connectivity index (χ0v) is 8.53. The van der Waals surface area contributed by atoms with Gasteiger partial charge in [0.2, 0.25) is 0 Å². The summed E-state index contributed by atoms with van der Waals surface area (Å²) in [5.74, 6) is -0.890. The molecule has 14 heavy (non-hydrogen) atoms. The number of hydrogen-bond donors (Lipinski definition) is 2. The summed E-state index contributed by atoms with van der Waals surface area (Å²) in [4.78, 5) is 14.8. The van der Waals surface area contributed by atoms with Gasteiger partial charge in [0.25, 0.3) is 0 Å². The van der Waals surface area contributed by atoms with Crippen molar-refractivity contribution in [2.24, 2.45) is 0 Å². The molecule has 0 aliphatic carbocycles. The Hall–Kier alpha value is -1.58. The predicted molar refractivity (Wildman–Crippen MR) is 54.3 cm³/mol. The van der Waals surface area contributed by atoms with Gasteiger partial charge in [-0.05, 0) is 32.4 Å². The van der Waals surface area contributed by atoms with E-state index in [1.807, 2.05) is 13.0 Å². The van der Waals surface area contributed by atoms with Crippen LogP contribution in [0.2, 0.25) is 0 Å². The number of anilines is 1. The highest BCUT2D eigenvalue weighted by Gasteiger charge is 2.26. The molecular formula is C10H14N2O2. The highest BCUT2D eigenvalue weighted by Crippen LogP contribution is 2.14. The second kappa shape index (κ2) is 3.65. The van der Waals surface area contributed by atoms with Gasteiger partial charge in [-0.1, -0.05) is 0 Å². The summed E-state index contributed by atoms with van der Waals surface area (Å²) in [6.07, 6.45) is 3.33. The second-order valence-corrected chi connectivity index (χ2v) is 3.81. The molecule has 0 spiro atoms. The van der Waals surface area contributed by atoms with Crippen LogP contribution in [0.15, 0.2) is 18.5 Å². The van der Waals surface area contributed by atoms with Crippen molar-refractivity contribution < 1.29 is 9.90 Å². The van der Waals surface area contributed by atoms with Gasteiger partial charge >= 0.3 is 5.97 Å². The maximum absolute atomic E-state index is 10.8. The van der Waals surface area contributed by atoms with E-state index in [-0.39, 0.29) is 0 Å². The molecule has 0 amide bonds. The molecule has 0 saturated heterocycles. The summed E-state index contributed by atoms with van der Waals surface area (Å²) in [6.45, 7) is 5.13. The fraction of sp³-hybridized carbons (Fsp3) is 0.400. The van der Waals surface area contributed by atoms with E-state index in [4.69, 9.17) is 5.11 Å². The molecule has 0 saturated carbocycles. The van der Waals surface area contributed by atoms with Gasteiger partial charge < -0.3 is 10.4 Å². The van der Waals surface area contributed by atoms with Crippen LogP contribution in [-0.2, 0) is 4.79 Å². The Bertz CT molecular complexity index is 348. The number of pyridine rings is 1.